The first-order valence-corrected chi connectivity index (χ1v) is 33.4. The topological polar surface area (TPSA) is 365 Å². The largest absolute Gasteiger partial charge is 0.497 e. The number of nitrogens with zero attached hydrogens (tertiary/aromatic N) is 4. The fourth-order valence-corrected chi connectivity index (χ4v) is 12.2. The predicted molar refractivity (Wildman–Crippen MR) is 363 cm³/mol. The van der Waals surface area contributed by atoms with Crippen molar-refractivity contribution in [2.24, 2.45) is 35.3 Å². The van der Waals surface area contributed by atoms with E-state index in [0.717, 1.165) is 4.90 Å². The van der Waals surface area contributed by atoms with Crippen molar-refractivity contribution in [1.82, 2.24) is 51.5 Å². The summed E-state index contributed by atoms with van der Waals surface area (Å²) >= 11 is 0. The molecule has 11 atom stereocenters. The van der Waals surface area contributed by atoms with Crippen LogP contribution in [0.5, 0.6) is 5.75 Å². The van der Waals surface area contributed by atoms with E-state index < -0.39 is 102 Å². The molecule has 0 spiro atoms. The lowest BCUT2D eigenvalue weighted by molar-refractivity contribution is -0.148. The quantitative estimate of drug-likeness (QED) is 0.0265. The molecule has 538 valence electrons. The Kier molecular flexibility index (Phi) is 33.1. The standard InChI is InChI=1S/C69H106N12O16/c1-16-43(8)61(79(12)67(91)59(41(4)5)77-66(90)60(42(6)7)78(10)11)53(95-14)36-57(86)81-38-48(35-51(81)62(96-15)44(9)63(87)72-37-52(82)46-22-20-23-49(34-46)94-13)74-69(93)97-39-45-26-28-47(29-27-45)73-64(88)50(24-21-32-71-68(70)92)75-65(89)58(40(2)3)76-54(83)25-18-17-19-33-80-55(84)30-31-56(80)85/h20,22-23,26-31,34,40-44,48,50-51,53,58-62H,16-19,21,24-25,32-33,35-39H2,1-15H3,(H,72,87)(H,73,88)(H,74,93)(H,75,89)(H,76,83)(H,77,90)(H3,70,71,92)/t43-,44+,48-,50-,51-,53+,58-,59-,60-,61-,62+/m0/s1. The number of ether oxygens (including phenoxy) is 4. The monoisotopic (exact) mass is 1360 g/mol. The Hall–Kier alpha value is -8.50. The van der Waals surface area contributed by atoms with Crippen molar-refractivity contribution in [3.8, 4) is 5.75 Å². The summed E-state index contributed by atoms with van der Waals surface area (Å²) in [7, 11) is 9.61. The predicted octanol–water partition coefficient (Wildman–Crippen LogP) is 4.04. The van der Waals surface area contributed by atoms with E-state index in [1.54, 1.807) is 81.2 Å². The summed E-state index contributed by atoms with van der Waals surface area (Å²) in [5, 5.41) is 19.4. The zero-order valence-electron chi connectivity index (χ0n) is 59.2. The van der Waals surface area contributed by atoms with Crippen LogP contribution in [0.25, 0.3) is 0 Å². The number of likely N-dealkylation sites (N-methyl/N-ethyl adjacent to an activating group) is 2. The number of carbonyl (C=O) groups is 12. The molecule has 0 saturated carbocycles. The maximum atomic E-state index is 15.1. The van der Waals surface area contributed by atoms with Gasteiger partial charge in [-0.1, -0.05) is 99.4 Å². The fourth-order valence-electron chi connectivity index (χ4n) is 12.2. The highest BCUT2D eigenvalue weighted by Gasteiger charge is 2.46. The first kappa shape index (κ1) is 80.9. The number of urea groups is 1. The molecule has 0 radical (unpaired) electrons. The SMILES string of the molecule is CC[C@H](C)[C@@H]([C@@H](CC(=O)N1C[C@@H](NC(=O)OCc2ccc(NC(=O)[C@H](CCCNC(N)=O)NC(=O)[C@@H](NC(=O)CCCCCN3C(=O)C=CC3=O)C(C)C)cc2)C[C@H]1[C@H](OC)[C@@H](C)C(=O)NCC(=O)c1cccc(OC)c1)OC)N(C)C(=O)[C@@H](NC(=O)[C@H](C(C)C)N(C)C)C(C)C. The molecule has 0 unspecified atom stereocenters. The van der Waals surface area contributed by atoms with Gasteiger partial charge in [-0.2, -0.15) is 0 Å². The number of unbranched alkanes of at least 4 members (excludes halogenated alkanes) is 2. The number of amides is 12. The Labute approximate surface area is 570 Å². The number of nitrogens with one attached hydrogen (secondary N) is 7. The highest BCUT2D eigenvalue weighted by Crippen LogP contribution is 2.31. The van der Waals surface area contributed by atoms with E-state index in [0.29, 0.717) is 48.2 Å². The van der Waals surface area contributed by atoms with Crippen LogP contribution in [-0.4, -0.2) is 214 Å². The molecule has 2 aliphatic heterocycles. The summed E-state index contributed by atoms with van der Waals surface area (Å²) in [6.07, 6.45) is 2.06. The molecule has 0 bridgehead atoms. The van der Waals surface area contributed by atoms with Gasteiger partial charge < -0.3 is 71.7 Å². The smallest absolute Gasteiger partial charge is 0.407 e. The van der Waals surface area contributed by atoms with Crippen LogP contribution >= 0.6 is 0 Å². The van der Waals surface area contributed by atoms with Gasteiger partial charge in [0.2, 0.25) is 41.4 Å². The number of benzene rings is 2. The second-order valence-electron chi connectivity index (χ2n) is 26.3. The Balaban J connectivity index is 1.50. The number of hydrogen-bond donors (Lipinski definition) is 8. The summed E-state index contributed by atoms with van der Waals surface area (Å²) in [5.41, 5.74) is 6.42. The first-order chi connectivity index (χ1) is 45.9. The van der Waals surface area contributed by atoms with E-state index in [-0.39, 0.29) is 118 Å². The van der Waals surface area contributed by atoms with Crippen LogP contribution in [-0.2, 0) is 64.0 Å². The zero-order chi connectivity index (χ0) is 72.4. The minimum atomic E-state index is -1.13. The molecule has 1 saturated heterocycles. The van der Waals surface area contributed by atoms with Crippen LogP contribution in [0.4, 0.5) is 15.3 Å². The lowest BCUT2D eigenvalue weighted by atomic mass is 9.89. The van der Waals surface area contributed by atoms with E-state index in [1.807, 2.05) is 60.5 Å². The molecule has 4 rings (SSSR count). The van der Waals surface area contributed by atoms with Crippen molar-refractivity contribution in [2.75, 3.05) is 74.0 Å². The van der Waals surface area contributed by atoms with Crippen molar-refractivity contribution in [3.63, 3.8) is 0 Å². The van der Waals surface area contributed by atoms with Crippen LogP contribution in [0, 0.1) is 29.6 Å². The Morgan fingerprint density at radius 2 is 1.38 bits per heavy atom. The number of ketones is 1. The zero-order valence-corrected chi connectivity index (χ0v) is 59.2. The van der Waals surface area contributed by atoms with Gasteiger partial charge in [0.25, 0.3) is 11.8 Å². The number of primary amides is 1. The van der Waals surface area contributed by atoms with E-state index in [9.17, 15) is 52.7 Å². The molecule has 2 aromatic carbocycles. The van der Waals surface area contributed by atoms with Gasteiger partial charge in [0, 0.05) is 70.7 Å². The lowest BCUT2D eigenvalue weighted by Gasteiger charge is -2.41. The number of nitrogens with two attached hydrogens (primary N) is 1. The number of rotatable bonds is 40. The Morgan fingerprint density at radius 1 is 0.722 bits per heavy atom. The average Bonchev–Trinajstić information content (AvgIpc) is 1.69. The van der Waals surface area contributed by atoms with Crippen molar-refractivity contribution >= 4 is 76.8 Å². The van der Waals surface area contributed by atoms with Crippen LogP contribution in [0.2, 0.25) is 0 Å². The number of anilines is 1. The van der Waals surface area contributed by atoms with Crippen LogP contribution < -0.4 is 47.7 Å². The van der Waals surface area contributed by atoms with E-state index in [1.165, 1.54) is 38.4 Å². The maximum absolute atomic E-state index is 15.1. The van der Waals surface area contributed by atoms with E-state index in [2.05, 4.69) is 37.2 Å². The molecule has 0 aromatic heterocycles. The minimum absolute atomic E-state index is 0.0509. The number of likely N-dealkylation sites (tertiary alicyclic amines) is 1. The summed E-state index contributed by atoms with van der Waals surface area (Å²) in [4.78, 5) is 166. The number of carbonyl (C=O) groups excluding carboxylic acids is 12. The molecular formula is C69H106N12O16. The van der Waals surface area contributed by atoms with Gasteiger partial charge >= 0.3 is 12.1 Å². The first-order valence-electron chi connectivity index (χ1n) is 33.4. The maximum Gasteiger partial charge on any atom is 0.407 e. The second kappa shape index (κ2) is 39.6. The molecule has 2 heterocycles. The highest BCUT2D eigenvalue weighted by atomic mass is 16.5. The molecule has 2 aromatic rings. The fraction of sp³-hybridized carbons (Fsp3) is 0.623. The molecular weight excluding hydrogens is 1250 g/mol. The third-order valence-electron chi connectivity index (χ3n) is 17.8. The van der Waals surface area contributed by atoms with Gasteiger partial charge in [-0.15, -0.1) is 0 Å². The Morgan fingerprint density at radius 3 is 1.96 bits per heavy atom. The van der Waals surface area contributed by atoms with Crippen molar-refractivity contribution in [1.29, 1.82) is 0 Å². The minimum Gasteiger partial charge on any atom is -0.497 e. The summed E-state index contributed by atoms with van der Waals surface area (Å²) in [5.74, 6) is -5.78. The number of alkyl carbamates (subject to hydrolysis) is 1. The van der Waals surface area contributed by atoms with Gasteiger partial charge in [-0.05, 0) is 99.7 Å². The van der Waals surface area contributed by atoms with Crippen molar-refractivity contribution in [2.45, 2.75) is 181 Å². The summed E-state index contributed by atoms with van der Waals surface area (Å²) in [6, 6.07) is 6.33. The molecule has 28 nitrogen and oxygen atoms in total. The molecule has 28 heteroatoms. The molecule has 2 aliphatic rings. The molecule has 0 aliphatic carbocycles. The van der Waals surface area contributed by atoms with Crippen molar-refractivity contribution in [3.05, 3.63) is 71.8 Å². The summed E-state index contributed by atoms with van der Waals surface area (Å²) in [6.45, 7) is 16.3. The van der Waals surface area contributed by atoms with Gasteiger partial charge in [-0.3, -0.25) is 57.7 Å². The number of Topliss-reactive ketones (excluding diaryl/α,β-unsaturated/α-hetero) is 1. The number of methoxy groups -OCH3 is 3. The normalized spacial score (nSPS) is 17.3. The lowest BCUT2D eigenvalue weighted by Crippen LogP contribution is -2.59. The molecule has 9 N–H and O–H groups in total. The van der Waals surface area contributed by atoms with E-state index in [4.69, 9.17) is 24.7 Å². The van der Waals surface area contributed by atoms with Crippen LogP contribution in [0.1, 0.15) is 136 Å². The van der Waals surface area contributed by atoms with Gasteiger partial charge in [-0.25, -0.2) is 9.59 Å². The van der Waals surface area contributed by atoms with Crippen molar-refractivity contribution < 1.29 is 76.5 Å². The highest BCUT2D eigenvalue weighted by molar-refractivity contribution is 6.12. The third-order valence-corrected chi connectivity index (χ3v) is 17.8. The van der Waals surface area contributed by atoms with E-state index >= 15 is 4.79 Å². The third kappa shape index (κ3) is 24.5. The molecule has 1 fully saturated rings. The molecule has 97 heavy (non-hydrogen) atoms. The summed E-state index contributed by atoms with van der Waals surface area (Å²) < 4.78 is 23.1. The average molecular weight is 1360 g/mol. The number of hydrogen-bond acceptors (Lipinski definition) is 17. The Bertz CT molecular complexity index is 3020. The number of imide groups is 1. The van der Waals surface area contributed by atoms with Gasteiger partial charge in [0.15, 0.2) is 5.78 Å². The van der Waals surface area contributed by atoms with Gasteiger partial charge in [0.1, 0.15) is 30.5 Å². The second-order valence-corrected chi connectivity index (χ2v) is 26.3. The van der Waals surface area contributed by atoms with Gasteiger partial charge in [0.05, 0.1) is 62.4 Å². The molecule has 12 amide bonds. The van der Waals surface area contributed by atoms with Crippen LogP contribution in [0.3, 0.4) is 0 Å². The van der Waals surface area contributed by atoms with Crippen LogP contribution in [0.15, 0.2) is 60.7 Å².